The van der Waals surface area contributed by atoms with Gasteiger partial charge in [-0.2, -0.15) is 11.1 Å². The van der Waals surface area contributed by atoms with Crippen LogP contribution in [0.4, 0.5) is 0 Å². The summed E-state index contributed by atoms with van der Waals surface area (Å²) in [6, 6.07) is 0. The van der Waals surface area contributed by atoms with Gasteiger partial charge in [-0.25, -0.2) is 0 Å². The zero-order valence-corrected chi connectivity index (χ0v) is 1.84. The average Bonchev–Trinajstić information content (AvgIpc) is 1.84. The van der Waals surface area contributed by atoms with Crippen molar-refractivity contribution in [2.24, 2.45) is 11.7 Å². The van der Waals surface area contributed by atoms with Crippen LogP contribution in [0.15, 0.2) is 0 Å². The Morgan fingerprint density at radius 1 is 2.00 bits per heavy atom. The molecule has 0 aromatic rings. The minimum Gasteiger partial charge on any atom is -0.257 e. The van der Waals surface area contributed by atoms with Gasteiger partial charge in [-0.3, -0.25) is 11.7 Å². The summed E-state index contributed by atoms with van der Waals surface area (Å²) in [4.78, 5) is 0. The molecule has 0 aliphatic carbocycles. The first-order valence-electron chi connectivity index (χ1n) is 2.91. The minimum absolute atomic E-state index is 0.00694. The fraction of sp³-hybridized carbons (Fsp3) is 0. The molecule has 0 radical (unpaired) electrons. The van der Waals surface area contributed by atoms with Gasteiger partial charge in [0.05, 0.1) is 0 Å². The van der Waals surface area contributed by atoms with E-state index in [2.05, 4.69) is 0 Å². The van der Waals surface area contributed by atoms with Crippen molar-refractivity contribution in [1.29, 1.82) is 0 Å². The smallest absolute Gasteiger partial charge is 0.162 e. The van der Waals surface area contributed by atoms with Crippen LogP contribution in [0.5, 0.6) is 0 Å². The molecule has 0 unspecified atom stereocenters. The highest BCUT2D eigenvalue weighted by molar-refractivity contribution is 3.82. The second kappa shape index (κ2) is 2.84. The van der Waals surface area contributed by atoms with E-state index >= 15 is 0 Å². The highest BCUT2D eigenvalue weighted by Gasteiger charge is 1.42. The zero-order valence-electron chi connectivity index (χ0n) is 6.84. The van der Waals surface area contributed by atoms with Gasteiger partial charge in [-0.05, 0) is 0 Å². The summed E-state index contributed by atoms with van der Waals surface area (Å²) in [6.07, 6.45) is 0. The van der Waals surface area contributed by atoms with E-state index in [9.17, 15) is 0 Å². The Morgan fingerprint density at radius 2 is 3.00 bits per heavy atom. The Bertz CT molecular complexity index is 73.4. The van der Waals surface area contributed by atoms with Gasteiger partial charge in [0.15, 0.2) is 2.82 Å². The third-order valence-electron chi connectivity index (χ3n) is 0.0447. The molecule has 0 rings (SSSR count). The molecule has 4 heavy (non-hydrogen) atoms. The van der Waals surface area contributed by atoms with E-state index < -0.39 is 0 Å². The lowest BCUT2D eigenvalue weighted by atomic mass is 12.4. The number of hydrogen-bond acceptors (Lipinski definition) is 4. The molecule has 0 atom stereocenters. The van der Waals surface area contributed by atoms with E-state index in [0.717, 1.165) is 0 Å². The molecule has 0 aromatic carbocycles. The lowest BCUT2D eigenvalue weighted by molar-refractivity contribution is 0.579. The van der Waals surface area contributed by atoms with Crippen LogP contribution in [0, 0.1) is 0 Å². The lowest BCUT2D eigenvalue weighted by Gasteiger charge is -1.82. The number of nitrogens with two attached hydrogens (primary N) is 2. The minimum atomic E-state index is -0.172. The molecule has 0 saturated carbocycles. The van der Waals surface area contributed by atoms with Crippen LogP contribution in [0.1, 0.15) is 0 Å². The highest BCUT2D eigenvalue weighted by Crippen LogP contribution is 0.832. The normalized spacial score (nSPS) is 28.2. The summed E-state index contributed by atoms with van der Waals surface area (Å²) in [5.74, 6) is 1.28. The van der Waals surface area contributed by atoms with Crippen LogP contribution in [0.3, 0.4) is 0 Å². The van der Waals surface area contributed by atoms with Crippen molar-refractivity contribution in [2.75, 3.05) is 0 Å². The summed E-state index contributed by atoms with van der Waals surface area (Å²) in [7, 11) is 0. The van der Waals surface area contributed by atoms with Gasteiger partial charge in [0.25, 0.3) is 0 Å². The summed E-state index contributed by atoms with van der Waals surface area (Å²) in [5.41, 5.74) is 0.0903. The Balaban J connectivity index is 3.58. The first-order valence-corrected chi connectivity index (χ1v) is 0.624. The number of nitrogens with one attached hydrogen (secondary N) is 2. The largest absolute Gasteiger partial charge is 0.257 e. The maximum absolute atomic E-state index is 6.57. The molecule has 0 aliphatic heterocycles. The third kappa shape index (κ3) is 1.84. The molecular weight excluding hydrogens is 56.0 g/mol. The average molecular weight is 67.1 g/mol. The molecule has 4 heteroatoms. The molecule has 0 saturated heterocycles. The maximum Gasteiger partial charge on any atom is 0.162 e. The first kappa shape index (κ1) is 0.504. The van der Waals surface area contributed by atoms with Gasteiger partial charge in [0, 0.05) is 0 Å². The van der Waals surface area contributed by atoms with Crippen molar-refractivity contribution >= 4 is 0 Å². The van der Waals surface area contributed by atoms with Gasteiger partial charge < -0.3 is 0 Å². The van der Waals surface area contributed by atoms with Crippen molar-refractivity contribution < 1.29 is 7.06 Å². The summed E-state index contributed by atoms with van der Waals surface area (Å²) in [6.45, 7) is 0. The van der Waals surface area contributed by atoms with Crippen molar-refractivity contribution in [3.63, 3.8) is 0 Å². The third-order valence-corrected chi connectivity index (χ3v) is 0.0447. The van der Waals surface area contributed by atoms with Gasteiger partial charge in [-0.1, -0.05) is 0 Å². The van der Waals surface area contributed by atoms with Gasteiger partial charge in [-0.15, -0.1) is 0 Å². The molecule has 0 amide bonds. The van der Waals surface area contributed by atoms with Gasteiger partial charge in [0.1, 0.15) is 4.24 Å². The Morgan fingerprint density at radius 3 is 3.25 bits per heavy atom. The van der Waals surface area contributed by atoms with Crippen molar-refractivity contribution in [3.8, 4) is 0 Å². The van der Waals surface area contributed by atoms with Gasteiger partial charge in [0.2, 0.25) is 0 Å². The predicted molar refractivity (Wildman–Crippen MR) is 14.6 cm³/mol. The number of hydrazine groups is 3. The van der Waals surface area contributed by atoms with Crippen LogP contribution < -0.4 is 22.7 Å². The van der Waals surface area contributed by atoms with Crippen LogP contribution in [-0.2, 0) is 0 Å². The molecule has 4 nitrogen and oxygen atoms in total. The molecule has 0 aromatic heterocycles. The first-order chi connectivity index (χ1) is 4.09. The molecule has 0 heterocycles. The molecule has 0 aliphatic rings. The van der Waals surface area contributed by atoms with E-state index in [-0.39, 0.29) is 16.9 Å². The van der Waals surface area contributed by atoms with Crippen molar-refractivity contribution in [3.05, 3.63) is 0 Å². The lowest BCUT2D eigenvalue weighted by Crippen LogP contribution is -2.42. The number of hydrogen-bond donors (Lipinski definition) is 4. The maximum atomic E-state index is 6.57. The molecule has 26 valence electrons. The van der Waals surface area contributed by atoms with Crippen LogP contribution in [0.25, 0.3) is 0 Å². The van der Waals surface area contributed by atoms with E-state index in [1.807, 2.05) is 0 Å². The van der Waals surface area contributed by atoms with E-state index in [4.69, 9.17) is 7.06 Å². The molecule has 0 bridgehead atoms. The molecule has 6 N–H and O–H groups in total. The topological polar surface area (TPSA) is 76.1 Å². The van der Waals surface area contributed by atoms with Crippen LogP contribution in [-0.4, -0.2) is 0 Å². The van der Waals surface area contributed by atoms with Crippen molar-refractivity contribution in [2.45, 2.75) is 0 Å². The summed E-state index contributed by atoms with van der Waals surface area (Å²) >= 11 is 0. The quantitative estimate of drug-likeness (QED) is 0.224. The Hall–Kier alpha value is -0.160. The second-order valence-electron chi connectivity index (χ2n) is 0.189. The Labute approximate surface area is 31.4 Å². The Kier molecular flexibility index (Phi) is 0.358. The molecular formula is H6N4. The van der Waals surface area contributed by atoms with Crippen LogP contribution >= 0.6 is 0 Å². The van der Waals surface area contributed by atoms with E-state index in [1.54, 1.807) is 0 Å². The zero-order chi connectivity index (χ0) is 7.44. The SMILES string of the molecule is [2H]NN([2H])N([2H])N([2H])[2H]. The highest BCUT2D eigenvalue weighted by atomic mass is 15.6. The van der Waals surface area contributed by atoms with Gasteiger partial charge >= 0.3 is 0 Å². The summed E-state index contributed by atoms with van der Waals surface area (Å²) in [5, 5.41) is 0. The van der Waals surface area contributed by atoms with E-state index in [1.165, 1.54) is 5.84 Å². The fourth-order valence-corrected chi connectivity index (χ4v) is 0. The second-order valence-corrected chi connectivity index (χ2v) is 0.189. The monoisotopic (exact) mass is 67.1 g/mol. The molecule has 0 spiro atoms. The standard InChI is InChI=1S/H6N4/c1-3-4-2/h3-4H,1-2H2/i/hD5. The van der Waals surface area contributed by atoms with E-state index in [0.29, 0.717) is 0 Å². The molecule has 0 fully saturated rings. The number of rotatable bonds is 3. The van der Waals surface area contributed by atoms with Crippen LogP contribution in [0.2, 0.25) is 7.06 Å². The predicted octanol–water partition coefficient (Wildman–Crippen LogP) is -2.17. The fourth-order valence-electron chi connectivity index (χ4n) is 0. The summed E-state index contributed by atoms with van der Waals surface area (Å²) < 4.78 is 32.1. The van der Waals surface area contributed by atoms with Crippen molar-refractivity contribution in [1.82, 2.24) is 11.1 Å².